The molecule has 0 saturated heterocycles. The molecular formula is C31H34FN3O4S. The third-order valence-corrected chi connectivity index (χ3v) is 9.20. The van der Waals surface area contributed by atoms with E-state index in [9.17, 15) is 19.5 Å². The molecule has 2 aromatic carbocycles. The van der Waals surface area contributed by atoms with Crippen molar-refractivity contribution in [2.75, 3.05) is 0 Å². The van der Waals surface area contributed by atoms with Crippen LogP contribution in [0.1, 0.15) is 53.0 Å². The number of hydrogen-bond donors (Lipinski definition) is 2. The minimum atomic E-state index is -1.87. The number of aliphatic hydroxyl groups is 1. The molecule has 7 nitrogen and oxygen atoms in total. The van der Waals surface area contributed by atoms with Gasteiger partial charge in [0, 0.05) is 24.6 Å². The second-order valence-electron chi connectivity index (χ2n) is 11.2. The molecule has 2 aliphatic rings. The van der Waals surface area contributed by atoms with Crippen LogP contribution in [0.5, 0.6) is 0 Å². The standard InChI is InChI=1S/C31H34FN3O4S/c1-16(2)27(35-14-21-7-5-6-8-22(21)31(35)39)28(37)23-12-24(36)26(32)25(23)30(38)33-13-20-10-9-19(11-17(20)3)29-18(4)34-15-40-29/h5-11,15-16,23-27,36H,12-14H2,1-4H3,(H,33,38)/t23-,24-,25?,26-,27?/m0/s1. The summed E-state index contributed by atoms with van der Waals surface area (Å²) >= 11 is 1.56. The van der Waals surface area contributed by atoms with Gasteiger partial charge in [0.15, 0.2) is 5.78 Å². The number of amides is 2. The molecule has 1 aliphatic heterocycles. The van der Waals surface area contributed by atoms with E-state index < -0.39 is 36.1 Å². The quantitative estimate of drug-likeness (QED) is 0.417. The van der Waals surface area contributed by atoms with Crippen LogP contribution in [0, 0.1) is 31.6 Å². The Balaban J connectivity index is 1.32. The van der Waals surface area contributed by atoms with Gasteiger partial charge in [-0.1, -0.05) is 50.2 Å². The first-order valence-corrected chi connectivity index (χ1v) is 14.5. The fourth-order valence-electron chi connectivity index (χ4n) is 6.10. The van der Waals surface area contributed by atoms with Crippen LogP contribution in [0.25, 0.3) is 10.4 Å². The Morgan fingerprint density at radius 1 is 1.20 bits per heavy atom. The number of rotatable bonds is 8. The Labute approximate surface area is 237 Å². The van der Waals surface area contributed by atoms with Gasteiger partial charge >= 0.3 is 0 Å². The molecule has 2 heterocycles. The summed E-state index contributed by atoms with van der Waals surface area (Å²) in [5, 5.41) is 13.2. The summed E-state index contributed by atoms with van der Waals surface area (Å²) in [5.41, 5.74) is 7.02. The Hall–Kier alpha value is -3.43. The zero-order valence-corrected chi connectivity index (χ0v) is 23.9. The molecule has 210 valence electrons. The Morgan fingerprint density at radius 2 is 1.95 bits per heavy atom. The molecule has 1 saturated carbocycles. The van der Waals surface area contributed by atoms with Crippen LogP contribution in [0.2, 0.25) is 0 Å². The Morgan fingerprint density at radius 3 is 2.60 bits per heavy atom. The number of ketones is 1. The highest BCUT2D eigenvalue weighted by Crippen LogP contribution is 2.39. The first kappa shape index (κ1) is 28.1. The van der Waals surface area contributed by atoms with E-state index in [1.807, 2.05) is 58.0 Å². The molecule has 5 rings (SSSR count). The molecule has 2 amide bonds. The van der Waals surface area contributed by atoms with Crippen LogP contribution < -0.4 is 5.32 Å². The average Bonchev–Trinajstić information content (AvgIpc) is 3.58. The third kappa shape index (κ3) is 5.08. The minimum Gasteiger partial charge on any atom is -0.390 e. The van der Waals surface area contributed by atoms with Gasteiger partial charge in [0.05, 0.1) is 34.1 Å². The molecule has 0 radical (unpaired) electrons. The number of halogens is 1. The number of aromatic nitrogens is 1. The lowest BCUT2D eigenvalue weighted by Gasteiger charge is -2.33. The first-order valence-electron chi connectivity index (χ1n) is 13.6. The summed E-state index contributed by atoms with van der Waals surface area (Å²) in [4.78, 5) is 47.4. The Kier molecular flexibility index (Phi) is 7.88. The van der Waals surface area contributed by atoms with Gasteiger partial charge in [0.25, 0.3) is 5.91 Å². The molecule has 2 unspecified atom stereocenters. The lowest BCUT2D eigenvalue weighted by Crippen LogP contribution is -2.50. The van der Waals surface area contributed by atoms with Crippen LogP contribution in [-0.2, 0) is 22.7 Å². The van der Waals surface area contributed by atoms with E-state index in [1.54, 1.807) is 29.0 Å². The largest absolute Gasteiger partial charge is 0.390 e. The van der Waals surface area contributed by atoms with Crippen LogP contribution in [-0.4, -0.2) is 50.9 Å². The number of hydrogen-bond acceptors (Lipinski definition) is 6. The van der Waals surface area contributed by atoms with Crippen molar-refractivity contribution in [2.45, 2.75) is 65.5 Å². The third-order valence-electron chi connectivity index (χ3n) is 8.22. The minimum absolute atomic E-state index is 0.155. The van der Waals surface area contributed by atoms with Gasteiger partial charge in [-0.3, -0.25) is 14.4 Å². The van der Waals surface area contributed by atoms with E-state index in [1.165, 1.54) is 4.90 Å². The summed E-state index contributed by atoms with van der Waals surface area (Å²) in [6.45, 7) is 8.03. The number of Topliss-reactive ketones (excluding diaryl/α,β-unsaturated/α-hetero) is 1. The van der Waals surface area contributed by atoms with Gasteiger partial charge in [-0.2, -0.15) is 0 Å². The van der Waals surface area contributed by atoms with E-state index in [2.05, 4.69) is 10.3 Å². The lowest BCUT2D eigenvalue weighted by atomic mass is 9.83. The number of aryl methyl sites for hydroxylation is 2. The van der Waals surface area contributed by atoms with E-state index in [-0.39, 0.29) is 37.1 Å². The SMILES string of the molecule is Cc1cc(-c2scnc2C)ccc1CNC(=O)C1[C@@H](C(=O)C(C(C)C)N2Cc3ccccc3C2=O)C[C@H](O)[C@@H]1F. The summed E-state index contributed by atoms with van der Waals surface area (Å²) in [7, 11) is 0. The smallest absolute Gasteiger partial charge is 0.255 e. The maximum Gasteiger partial charge on any atom is 0.255 e. The van der Waals surface area contributed by atoms with Crippen LogP contribution >= 0.6 is 11.3 Å². The number of carbonyl (C=O) groups excluding carboxylic acids is 3. The number of fused-ring (bicyclic) bond motifs is 1. The number of nitrogens with zero attached hydrogens (tertiary/aromatic N) is 2. The normalized spacial score (nSPS) is 23.0. The molecular weight excluding hydrogens is 529 g/mol. The zero-order chi connectivity index (χ0) is 28.7. The van der Waals surface area contributed by atoms with Gasteiger partial charge < -0.3 is 15.3 Å². The molecule has 40 heavy (non-hydrogen) atoms. The fraction of sp³-hybridized carbons (Fsp3) is 0.419. The van der Waals surface area contributed by atoms with Crippen molar-refractivity contribution in [1.82, 2.24) is 15.2 Å². The first-order chi connectivity index (χ1) is 19.1. The molecule has 1 aromatic heterocycles. The summed E-state index contributed by atoms with van der Waals surface area (Å²) in [6, 6.07) is 12.3. The van der Waals surface area contributed by atoms with E-state index in [4.69, 9.17) is 0 Å². The Bertz CT molecular complexity index is 1450. The molecule has 9 heteroatoms. The van der Waals surface area contributed by atoms with Gasteiger partial charge in [0.2, 0.25) is 5.91 Å². The molecule has 1 fully saturated rings. The molecule has 3 aromatic rings. The number of aliphatic hydroxyl groups excluding tert-OH is 1. The van der Waals surface area contributed by atoms with Gasteiger partial charge in [-0.05, 0) is 54.5 Å². The van der Waals surface area contributed by atoms with Crippen LogP contribution in [0.4, 0.5) is 4.39 Å². The lowest BCUT2D eigenvalue weighted by molar-refractivity contribution is -0.137. The second kappa shape index (κ2) is 11.2. The van der Waals surface area contributed by atoms with Crippen molar-refractivity contribution in [3.63, 3.8) is 0 Å². The molecule has 2 N–H and O–H groups in total. The summed E-state index contributed by atoms with van der Waals surface area (Å²) in [5.74, 6) is -3.85. The van der Waals surface area contributed by atoms with Crippen molar-refractivity contribution in [3.05, 3.63) is 75.9 Å². The maximum absolute atomic E-state index is 15.3. The number of carbonyl (C=O) groups is 3. The van der Waals surface area contributed by atoms with E-state index in [0.29, 0.717) is 5.56 Å². The average molecular weight is 564 g/mol. The molecule has 0 bridgehead atoms. The number of thiazole rings is 1. The van der Waals surface area contributed by atoms with Crippen molar-refractivity contribution in [2.24, 2.45) is 17.8 Å². The topological polar surface area (TPSA) is 99.6 Å². The fourth-order valence-corrected chi connectivity index (χ4v) is 6.90. The van der Waals surface area contributed by atoms with Crippen molar-refractivity contribution >= 4 is 28.9 Å². The van der Waals surface area contributed by atoms with Gasteiger partial charge in [-0.15, -0.1) is 11.3 Å². The maximum atomic E-state index is 15.3. The van der Waals surface area contributed by atoms with Crippen LogP contribution in [0.3, 0.4) is 0 Å². The highest BCUT2D eigenvalue weighted by atomic mass is 32.1. The monoisotopic (exact) mass is 563 g/mol. The second-order valence-corrected chi connectivity index (χ2v) is 12.0. The molecule has 0 spiro atoms. The van der Waals surface area contributed by atoms with Crippen molar-refractivity contribution in [1.29, 1.82) is 0 Å². The van der Waals surface area contributed by atoms with Gasteiger partial charge in [0.1, 0.15) is 6.17 Å². The summed E-state index contributed by atoms with van der Waals surface area (Å²) in [6.07, 6.45) is -3.45. The zero-order valence-electron chi connectivity index (χ0n) is 23.1. The van der Waals surface area contributed by atoms with Crippen molar-refractivity contribution in [3.8, 4) is 10.4 Å². The van der Waals surface area contributed by atoms with E-state index in [0.717, 1.165) is 32.8 Å². The number of alkyl halides is 1. The van der Waals surface area contributed by atoms with Gasteiger partial charge in [-0.25, -0.2) is 9.37 Å². The molecule has 1 aliphatic carbocycles. The number of nitrogens with one attached hydrogen (secondary N) is 1. The van der Waals surface area contributed by atoms with E-state index >= 15 is 4.39 Å². The predicted molar refractivity (Wildman–Crippen MR) is 151 cm³/mol. The highest BCUT2D eigenvalue weighted by molar-refractivity contribution is 7.13. The van der Waals surface area contributed by atoms with Crippen LogP contribution in [0.15, 0.2) is 48.0 Å². The van der Waals surface area contributed by atoms with Crippen molar-refractivity contribution < 1.29 is 23.9 Å². The predicted octanol–water partition coefficient (Wildman–Crippen LogP) is 4.63. The summed E-state index contributed by atoms with van der Waals surface area (Å²) < 4.78 is 15.3. The highest BCUT2D eigenvalue weighted by Gasteiger charge is 2.53. The molecule has 5 atom stereocenters. The number of benzene rings is 2.